The Morgan fingerprint density at radius 3 is 2.26 bits per heavy atom. The fourth-order valence-electron chi connectivity index (χ4n) is 2.00. The van der Waals surface area contributed by atoms with Crippen LogP contribution in [0.25, 0.3) is 0 Å². The summed E-state index contributed by atoms with van der Waals surface area (Å²) in [6.07, 6.45) is 1.36. The van der Waals surface area contributed by atoms with Crippen molar-refractivity contribution in [2.75, 3.05) is 13.1 Å². The normalized spacial score (nSPS) is 11.5. The predicted octanol–water partition coefficient (Wildman–Crippen LogP) is 3.55. The molecule has 0 unspecified atom stereocenters. The first-order valence-corrected chi connectivity index (χ1v) is 9.92. The Bertz CT molecular complexity index is 809. The van der Waals surface area contributed by atoms with Gasteiger partial charge in [-0.1, -0.05) is 31.9 Å². The molecule has 0 aliphatic heterocycles. The van der Waals surface area contributed by atoms with E-state index in [0.29, 0.717) is 22.0 Å². The first-order chi connectivity index (χ1) is 10.8. The third kappa shape index (κ3) is 3.84. The van der Waals surface area contributed by atoms with Crippen molar-refractivity contribution >= 4 is 47.7 Å². The van der Waals surface area contributed by atoms with Crippen molar-refractivity contribution in [2.24, 2.45) is 0 Å². The Kier molecular flexibility index (Phi) is 5.64. The van der Waals surface area contributed by atoms with Crippen molar-refractivity contribution in [1.29, 1.82) is 0 Å². The minimum atomic E-state index is -3.80. The molecule has 9 heteroatoms. The largest absolute Gasteiger partial charge is 0.344 e. The number of sulfone groups is 1. The van der Waals surface area contributed by atoms with Crippen LogP contribution in [-0.2, 0) is 9.84 Å². The van der Waals surface area contributed by atoms with Gasteiger partial charge in [0.25, 0.3) is 0 Å². The molecule has 0 aliphatic carbocycles. The molecule has 0 saturated carbocycles. The number of hydrogen-bond donors (Lipinski definition) is 0. The second-order valence-corrected chi connectivity index (χ2v) is 8.39. The van der Waals surface area contributed by atoms with E-state index < -0.39 is 9.84 Å². The average molecular weight is 465 g/mol. The molecule has 0 bridgehead atoms. The molecule has 0 spiro atoms. The van der Waals surface area contributed by atoms with Crippen molar-refractivity contribution in [3.8, 4) is 0 Å². The lowest BCUT2D eigenvalue weighted by Gasteiger charge is -2.17. The third-order valence-electron chi connectivity index (χ3n) is 3.22. The van der Waals surface area contributed by atoms with E-state index in [1.807, 2.05) is 13.8 Å². The summed E-state index contributed by atoms with van der Waals surface area (Å²) in [4.78, 5) is 13.9. The summed E-state index contributed by atoms with van der Waals surface area (Å²) < 4.78 is 27.6. The highest BCUT2D eigenvalue weighted by Gasteiger charge is 2.23. The van der Waals surface area contributed by atoms with Crippen LogP contribution in [0.3, 0.4) is 0 Å². The van der Waals surface area contributed by atoms with Gasteiger partial charge in [0.2, 0.25) is 9.84 Å². The van der Waals surface area contributed by atoms with E-state index in [-0.39, 0.29) is 16.0 Å². The second-order valence-electron chi connectivity index (χ2n) is 4.66. The molecule has 0 atom stereocenters. The van der Waals surface area contributed by atoms with Gasteiger partial charge in [-0.15, -0.1) is 0 Å². The Labute approximate surface area is 151 Å². The van der Waals surface area contributed by atoms with Gasteiger partial charge in [0.1, 0.15) is 0 Å². The summed E-state index contributed by atoms with van der Waals surface area (Å²) in [6, 6.07) is 5.69. The van der Waals surface area contributed by atoms with Gasteiger partial charge in [0.05, 0.1) is 4.90 Å². The highest BCUT2D eigenvalue weighted by molar-refractivity contribution is 9.11. The number of amides is 1. The molecule has 6 nitrogen and oxygen atoms in total. The number of benzene rings is 1. The van der Waals surface area contributed by atoms with Crippen LogP contribution < -0.4 is 0 Å². The molecule has 23 heavy (non-hydrogen) atoms. The van der Waals surface area contributed by atoms with E-state index in [1.54, 1.807) is 11.0 Å². The van der Waals surface area contributed by atoms with Crippen LogP contribution in [0.1, 0.15) is 13.8 Å². The maximum absolute atomic E-state index is 12.6. The average Bonchev–Trinajstić information content (AvgIpc) is 2.98. The summed E-state index contributed by atoms with van der Waals surface area (Å²) in [7, 11) is -3.80. The van der Waals surface area contributed by atoms with Crippen LogP contribution in [0.15, 0.2) is 49.3 Å². The van der Waals surface area contributed by atoms with Gasteiger partial charge in [-0.05, 0) is 38.1 Å². The zero-order valence-electron chi connectivity index (χ0n) is 12.5. The zero-order valence-corrected chi connectivity index (χ0v) is 16.5. The number of rotatable bonds is 4. The summed E-state index contributed by atoms with van der Waals surface area (Å²) in [6.45, 7) is 4.74. The van der Waals surface area contributed by atoms with Crippen molar-refractivity contribution in [2.45, 2.75) is 23.8 Å². The predicted molar refractivity (Wildman–Crippen MR) is 93.2 cm³/mol. The molecule has 1 heterocycles. The molecule has 0 saturated heterocycles. The third-order valence-corrected chi connectivity index (χ3v) is 5.76. The van der Waals surface area contributed by atoms with E-state index in [1.165, 1.54) is 24.4 Å². The van der Waals surface area contributed by atoms with Gasteiger partial charge in [-0.2, -0.15) is 9.78 Å². The van der Waals surface area contributed by atoms with Crippen molar-refractivity contribution in [3.05, 3.63) is 39.4 Å². The molecule has 0 N–H and O–H groups in total. The van der Waals surface area contributed by atoms with Crippen LogP contribution in [0.4, 0.5) is 4.79 Å². The summed E-state index contributed by atoms with van der Waals surface area (Å²) in [5, 5.41) is 3.78. The number of halogens is 2. The first-order valence-electron chi connectivity index (χ1n) is 6.85. The molecule has 0 radical (unpaired) electrons. The van der Waals surface area contributed by atoms with Crippen molar-refractivity contribution in [3.63, 3.8) is 0 Å². The van der Waals surface area contributed by atoms with E-state index in [9.17, 15) is 13.2 Å². The fraction of sp³-hybridized carbons (Fsp3) is 0.286. The summed E-state index contributed by atoms with van der Waals surface area (Å²) in [5.74, 6) is 0. The Morgan fingerprint density at radius 2 is 1.74 bits per heavy atom. The van der Waals surface area contributed by atoms with Crippen LogP contribution in [0.2, 0.25) is 0 Å². The van der Waals surface area contributed by atoms with Gasteiger partial charge in [-0.3, -0.25) is 0 Å². The standard InChI is InChI=1S/C14H15Br2N3O3S/c1-3-18(4-2)14(20)19-6-5-13(17-19)23(21,22)12-8-10(15)7-11(16)9-12/h5-9H,3-4H2,1-2H3. The molecule has 2 rings (SSSR count). The maximum Gasteiger partial charge on any atom is 0.344 e. The van der Waals surface area contributed by atoms with Crippen LogP contribution in [-0.4, -0.2) is 42.2 Å². The quantitative estimate of drug-likeness (QED) is 0.693. The number of nitrogens with zero attached hydrogens (tertiary/aromatic N) is 3. The maximum atomic E-state index is 12.6. The van der Waals surface area contributed by atoms with Crippen LogP contribution >= 0.6 is 31.9 Å². The second kappa shape index (κ2) is 7.14. The Morgan fingerprint density at radius 1 is 1.17 bits per heavy atom. The minimum absolute atomic E-state index is 0.0966. The van der Waals surface area contributed by atoms with Gasteiger partial charge in [0, 0.05) is 28.2 Å². The van der Waals surface area contributed by atoms with Crippen LogP contribution in [0.5, 0.6) is 0 Å². The molecular formula is C14H15Br2N3O3S. The first kappa shape index (κ1) is 18.2. The summed E-state index contributed by atoms with van der Waals surface area (Å²) in [5.41, 5.74) is 0. The van der Waals surface area contributed by atoms with E-state index in [2.05, 4.69) is 37.0 Å². The molecule has 0 aliphatic rings. The molecular weight excluding hydrogens is 450 g/mol. The van der Waals surface area contributed by atoms with E-state index >= 15 is 0 Å². The fourth-order valence-corrected chi connectivity index (χ4v) is 4.84. The number of carbonyl (C=O) groups excluding carboxylic acids is 1. The molecule has 1 aromatic heterocycles. The van der Waals surface area contributed by atoms with E-state index in [0.717, 1.165) is 4.68 Å². The lowest BCUT2D eigenvalue weighted by molar-refractivity contribution is 0.201. The zero-order chi connectivity index (χ0) is 17.2. The number of hydrogen-bond acceptors (Lipinski definition) is 4. The molecule has 124 valence electrons. The minimum Gasteiger partial charge on any atom is -0.323 e. The smallest absolute Gasteiger partial charge is 0.323 e. The highest BCUT2D eigenvalue weighted by Crippen LogP contribution is 2.26. The van der Waals surface area contributed by atoms with E-state index in [4.69, 9.17) is 0 Å². The topological polar surface area (TPSA) is 72.3 Å². The lowest BCUT2D eigenvalue weighted by Crippen LogP contribution is -2.34. The van der Waals surface area contributed by atoms with Crippen LogP contribution in [0, 0.1) is 0 Å². The molecule has 1 aromatic carbocycles. The molecule has 0 fully saturated rings. The van der Waals surface area contributed by atoms with Crippen molar-refractivity contribution in [1.82, 2.24) is 14.7 Å². The summed E-state index contributed by atoms with van der Waals surface area (Å²) >= 11 is 6.53. The van der Waals surface area contributed by atoms with Gasteiger partial charge in [-0.25, -0.2) is 13.2 Å². The molecule has 1 amide bonds. The number of carbonyl (C=O) groups is 1. The van der Waals surface area contributed by atoms with Gasteiger partial charge >= 0.3 is 6.03 Å². The van der Waals surface area contributed by atoms with Gasteiger partial charge < -0.3 is 4.90 Å². The monoisotopic (exact) mass is 463 g/mol. The SMILES string of the molecule is CCN(CC)C(=O)n1ccc(S(=O)(=O)c2cc(Br)cc(Br)c2)n1. The lowest BCUT2D eigenvalue weighted by atomic mass is 10.4. The highest BCUT2D eigenvalue weighted by atomic mass is 79.9. The molecule has 2 aromatic rings. The Hall–Kier alpha value is -1.19. The number of aromatic nitrogens is 2. The van der Waals surface area contributed by atoms with Crippen molar-refractivity contribution < 1.29 is 13.2 Å². The Balaban J connectivity index is 2.41. The van der Waals surface area contributed by atoms with Gasteiger partial charge in [0.15, 0.2) is 5.03 Å².